The van der Waals surface area contributed by atoms with Crippen LogP contribution in [0.1, 0.15) is 164 Å². The van der Waals surface area contributed by atoms with Crippen LogP contribution in [0.2, 0.25) is 0 Å². The summed E-state index contributed by atoms with van der Waals surface area (Å²) in [6, 6.07) is 9.41. The van der Waals surface area contributed by atoms with Gasteiger partial charge in [-0.15, -0.1) is 0 Å². The molecule has 1 aliphatic rings. The van der Waals surface area contributed by atoms with Gasteiger partial charge in [-0.2, -0.15) is 0 Å². The standard InChI is InChI=1S/C37H58/c1-5-9-13-17-25-32-33(26-18-14-10-6-2)35(28-20-16-12-8-4)37-31-24-22-21-23-30(31)29-36(37)34(32)27-19-15-11-7-3/h21-24H,5-20,25-29H2,1-4H3. The van der Waals surface area contributed by atoms with Gasteiger partial charge in [0.1, 0.15) is 0 Å². The van der Waals surface area contributed by atoms with Crippen LogP contribution in [-0.4, -0.2) is 0 Å². The van der Waals surface area contributed by atoms with Crippen molar-refractivity contribution in [3.05, 3.63) is 57.6 Å². The second kappa shape index (κ2) is 17.1. The van der Waals surface area contributed by atoms with E-state index < -0.39 is 0 Å². The molecule has 0 bridgehead atoms. The van der Waals surface area contributed by atoms with E-state index in [1.54, 1.807) is 33.4 Å². The van der Waals surface area contributed by atoms with Crippen LogP contribution in [-0.2, 0) is 32.1 Å². The highest BCUT2D eigenvalue weighted by Crippen LogP contribution is 2.45. The maximum absolute atomic E-state index is 2.44. The van der Waals surface area contributed by atoms with Gasteiger partial charge in [-0.3, -0.25) is 0 Å². The molecule has 0 nitrogen and oxygen atoms in total. The number of fused-ring (bicyclic) bond motifs is 3. The highest BCUT2D eigenvalue weighted by atomic mass is 14.3. The lowest BCUT2D eigenvalue weighted by atomic mass is 9.79. The van der Waals surface area contributed by atoms with Crippen LogP contribution in [0.15, 0.2) is 24.3 Å². The maximum atomic E-state index is 2.44. The van der Waals surface area contributed by atoms with Crippen LogP contribution in [0.25, 0.3) is 11.1 Å². The van der Waals surface area contributed by atoms with Crippen LogP contribution in [0.5, 0.6) is 0 Å². The first-order chi connectivity index (χ1) is 18.3. The molecule has 1 aliphatic carbocycles. The molecule has 0 saturated heterocycles. The highest BCUT2D eigenvalue weighted by molar-refractivity contribution is 5.83. The van der Waals surface area contributed by atoms with Gasteiger partial charge in [0.05, 0.1) is 0 Å². The van der Waals surface area contributed by atoms with Crippen molar-refractivity contribution < 1.29 is 0 Å². The molecule has 0 aromatic heterocycles. The summed E-state index contributed by atoms with van der Waals surface area (Å²) in [4.78, 5) is 0. The first-order valence-electron chi connectivity index (χ1n) is 16.5. The lowest BCUT2D eigenvalue weighted by Gasteiger charge is -2.25. The Kier molecular flexibility index (Phi) is 13.9. The molecular formula is C37H58. The van der Waals surface area contributed by atoms with Gasteiger partial charge in [0.15, 0.2) is 0 Å². The Morgan fingerprint density at radius 3 is 1.41 bits per heavy atom. The molecule has 0 atom stereocenters. The zero-order chi connectivity index (χ0) is 26.3. The molecule has 206 valence electrons. The first-order valence-corrected chi connectivity index (χ1v) is 16.5. The van der Waals surface area contributed by atoms with Gasteiger partial charge in [0.2, 0.25) is 0 Å². The van der Waals surface area contributed by atoms with Gasteiger partial charge < -0.3 is 0 Å². The number of hydrogen-bond acceptors (Lipinski definition) is 0. The Hall–Kier alpha value is -1.56. The van der Waals surface area contributed by atoms with Gasteiger partial charge >= 0.3 is 0 Å². The minimum absolute atomic E-state index is 1.18. The lowest BCUT2D eigenvalue weighted by molar-refractivity contribution is 0.630. The summed E-state index contributed by atoms with van der Waals surface area (Å²) >= 11 is 0. The van der Waals surface area contributed by atoms with E-state index in [0.717, 1.165) is 0 Å². The van der Waals surface area contributed by atoms with Crippen molar-refractivity contribution >= 4 is 0 Å². The quantitative estimate of drug-likeness (QED) is 0.135. The van der Waals surface area contributed by atoms with Crippen molar-refractivity contribution in [1.82, 2.24) is 0 Å². The fourth-order valence-corrected chi connectivity index (χ4v) is 6.75. The summed E-state index contributed by atoms with van der Waals surface area (Å²) in [6.45, 7) is 9.38. The Bertz CT molecular complexity index is 918. The van der Waals surface area contributed by atoms with Crippen LogP contribution >= 0.6 is 0 Å². The minimum atomic E-state index is 1.18. The van der Waals surface area contributed by atoms with Gasteiger partial charge in [0.25, 0.3) is 0 Å². The van der Waals surface area contributed by atoms with Gasteiger partial charge in [-0.25, -0.2) is 0 Å². The third-order valence-electron chi connectivity index (χ3n) is 8.84. The van der Waals surface area contributed by atoms with Crippen molar-refractivity contribution in [3.8, 4) is 11.1 Å². The molecule has 0 unspecified atom stereocenters. The van der Waals surface area contributed by atoms with E-state index in [1.807, 2.05) is 11.1 Å². The topological polar surface area (TPSA) is 0 Å². The molecule has 2 aromatic rings. The van der Waals surface area contributed by atoms with Gasteiger partial charge in [0, 0.05) is 0 Å². The summed E-state index contributed by atoms with van der Waals surface area (Å²) in [7, 11) is 0. The minimum Gasteiger partial charge on any atom is -0.0654 e. The van der Waals surface area contributed by atoms with Crippen molar-refractivity contribution in [2.75, 3.05) is 0 Å². The van der Waals surface area contributed by atoms with E-state index in [4.69, 9.17) is 0 Å². The molecule has 0 heteroatoms. The fraction of sp³-hybridized carbons (Fsp3) is 0.676. The summed E-state index contributed by atoms with van der Waals surface area (Å²) < 4.78 is 0. The molecule has 0 radical (unpaired) electrons. The monoisotopic (exact) mass is 502 g/mol. The van der Waals surface area contributed by atoms with Crippen LogP contribution in [0.4, 0.5) is 0 Å². The van der Waals surface area contributed by atoms with Crippen LogP contribution < -0.4 is 0 Å². The maximum Gasteiger partial charge on any atom is -0.00105 e. The third-order valence-corrected chi connectivity index (χ3v) is 8.84. The Morgan fingerprint density at radius 2 is 0.892 bits per heavy atom. The van der Waals surface area contributed by atoms with E-state index in [0.29, 0.717) is 0 Å². The van der Waals surface area contributed by atoms with Crippen molar-refractivity contribution in [2.24, 2.45) is 0 Å². The summed E-state index contributed by atoms with van der Waals surface area (Å²) in [6.07, 6.45) is 28.2. The highest BCUT2D eigenvalue weighted by Gasteiger charge is 2.28. The van der Waals surface area contributed by atoms with E-state index in [-0.39, 0.29) is 0 Å². The van der Waals surface area contributed by atoms with Gasteiger partial charge in [-0.1, -0.05) is 129 Å². The molecular weight excluding hydrogens is 444 g/mol. The zero-order valence-corrected chi connectivity index (χ0v) is 25.2. The molecule has 3 rings (SSSR count). The molecule has 0 saturated carbocycles. The predicted molar refractivity (Wildman–Crippen MR) is 166 cm³/mol. The average Bonchev–Trinajstić information content (AvgIpc) is 3.30. The number of hydrogen-bond donors (Lipinski definition) is 0. The fourth-order valence-electron chi connectivity index (χ4n) is 6.75. The van der Waals surface area contributed by atoms with E-state index >= 15 is 0 Å². The number of unbranched alkanes of at least 4 members (excludes halogenated alkanes) is 12. The molecule has 37 heavy (non-hydrogen) atoms. The molecule has 0 amide bonds. The largest absolute Gasteiger partial charge is 0.0654 e. The molecule has 0 N–H and O–H groups in total. The normalized spacial score (nSPS) is 12.2. The number of rotatable bonds is 20. The first kappa shape index (κ1) is 30.0. The van der Waals surface area contributed by atoms with Crippen molar-refractivity contribution in [2.45, 2.75) is 163 Å². The van der Waals surface area contributed by atoms with E-state index in [2.05, 4.69) is 52.0 Å². The second-order valence-electron chi connectivity index (χ2n) is 11.8. The zero-order valence-electron chi connectivity index (χ0n) is 25.2. The number of benzene rings is 2. The molecule has 0 spiro atoms. The molecule has 2 aromatic carbocycles. The Morgan fingerprint density at radius 1 is 0.459 bits per heavy atom. The Balaban J connectivity index is 2.09. The van der Waals surface area contributed by atoms with Gasteiger partial charge in [-0.05, 0) is 102 Å². The summed E-state index contributed by atoms with van der Waals surface area (Å²) in [5.74, 6) is 0. The van der Waals surface area contributed by atoms with Crippen molar-refractivity contribution in [1.29, 1.82) is 0 Å². The third kappa shape index (κ3) is 8.46. The summed E-state index contributed by atoms with van der Waals surface area (Å²) in [5.41, 5.74) is 13.8. The summed E-state index contributed by atoms with van der Waals surface area (Å²) in [5, 5.41) is 0. The van der Waals surface area contributed by atoms with E-state index in [9.17, 15) is 0 Å². The molecule has 0 fully saturated rings. The molecule has 0 heterocycles. The SMILES string of the molecule is CCCCCCc1c(CCCCCC)c(CCCCCC)c2c(c1CCCCCC)Cc1ccccc1-2. The van der Waals surface area contributed by atoms with E-state index in [1.165, 1.54) is 135 Å². The predicted octanol–water partition coefficient (Wildman–Crippen LogP) is 11.7. The Labute approximate surface area is 231 Å². The van der Waals surface area contributed by atoms with Crippen LogP contribution in [0.3, 0.4) is 0 Å². The molecule has 0 aliphatic heterocycles. The lowest BCUT2D eigenvalue weighted by Crippen LogP contribution is -2.11. The smallest absolute Gasteiger partial charge is 0.00105 e. The average molecular weight is 503 g/mol. The second-order valence-corrected chi connectivity index (χ2v) is 11.8. The van der Waals surface area contributed by atoms with Crippen LogP contribution in [0, 0.1) is 0 Å². The van der Waals surface area contributed by atoms with Crippen molar-refractivity contribution in [3.63, 3.8) is 0 Å².